The van der Waals surface area contributed by atoms with Crippen LogP contribution in [0.15, 0.2) is 0 Å². The van der Waals surface area contributed by atoms with Crippen LogP contribution in [0.25, 0.3) is 0 Å². The molecule has 2 saturated heterocycles. The molecule has 2 N–H and O–H groups in total. The molecule has 104 valence electrons. The van der Waals surface area contributed by atoms with Crippen LogP contribution >= 0.6 is 0 Å². The van der Waals surface area contributed by atoms with Gasteiger partial charge in [0.15, 0.2) is 0 Å². The molecule has 0 aliphatic carbocycles. The summed E-state index contributed by atoms with van der Waals surface area (Å²) >= 11 is 0. The number of nitrogens with one attached hydrogen (secondary N) is 2. The number of rotatable bonds is 4. The number of hydrogen-bond acceptors (Lipinski definition) is 3. The number of piperidine rings is 1. The third kappa shape index (κ3) is 4.58. The second-order valence-electron chi connectivity index (χ2n) is 5.72. The highest BCUT2D eigenvalue weighted by molar-refractivity contribution is 5.76. The zero-order valence-corrected chi connectivity index (χ0v) is 11.4. The molecule has 2 rings (SSSR count). The van der Waals surface area contributed by atoms with Crippen molar-refractivity contribution >= 4 is 5.91 Å². The van der Waals surface area contributed by atoms with E-state index in [-0.39, 0.29) is 12.0 Å². The first-order valence-corrected chi connectivity index (χ1v) is 7.35. The first-order valence-electron chi connectivity index (χ1n) is 7.35. The van der Waals surface area contributed by atoms with Gasteiger partial charge in [-0.05, 0) is 58.0 Å². The Hall–Kier alpha value is -0.610. The van der Waals surface area contributed by atoms with Gasteiger partial charge in [0.05, 0.1) is 6.10 Å². The van der Waals surface area contributed by atoms with E-state index >= 15 is 0 Å². The van der Waals surface area contributed by atoms with Gasteiger partial charge in [-0.1, -0.05) is 0 Å². The van der Waals surface area contributed by atoms with Crippen molar-refractivity contribution in [2.45, 2.75) is 57.6 Å². The Morgan fingerprint density at radius 2 is 2.33 bits per heavy atom. The van der Waals surface area contributed by atoms with Crippen molar-refractivity contribution in [3.8, 4) is 0 Å². The molecule has 0 bridgehead atoms. The van der Waals surface area contributed by atoms with E-state index in [2.05, 4.69) is 17.6 Å². The SMILES string of the molecule is CC1CC(NC(=O)CCC2CCCNC2)CCO1. The van der Waals surface area contributed by atoms with Crippen LogP contribution in [0.1, 0.15) is 45.4 Å². The molecule has 18 heavy (non-hydrogen) atoms. The Bertz CT molecular complexity index is 265. The van der Waals surface area contributed by atoms with Gasteiger partial charge in [0.2, 0.25) is 5.91 Å². The minimum atomic E-state index is 0.222. The summed E-state index contributed by atoms with van der Waals surface area (Å²) in [5.41, 5.74) is 0. The molecule has 0 radical (unpaired) electrons. The average molecular weight is 254 g/mol. The smallest absolute Gasteiger partial charge is 0.220 e. The van der Waals surface area contributed by atoms with Crippen molar-refractivity contribution in [1.82, 2.24) is 10.6 Å². The van der Waals surface area contributed by atoms with E-state index in [4.69, 9.17) is 4.74 Å². The van der Waals surface area contributed by atoms with Gasteiger partial charge in [-0.25, -0.2) is 0 Å². The quantitative estimate of drug-likeness (QED) is 0.798. The topological polar surface area (TPSA) is 50.4 Å². The highest BCUT2D eigenvalue weighted by Gasteiger charge is 2.21. The molecule has 2 aliphatic heterocycles. The Morgan fingerprint density at radius 3 is 3.06 bits per heavy atom. The van der Waals surface area contributed by atoms with E-state index in [1.54, 1.807) is 0 Å². The second-order valence-corrected chi connectivity index (χ2v) is 5.72. The highest BCUT2D eigenvalue weighted by atomic mass is 16.5. The van der Waals surface area contributed by atoms with Gasteiger partial charge in [-0.2, -0.15) is 0 Å². The minimum absolute atomic E-state index is 0.222. The Balaban J connectivity index is 1.62. The molecule has 3 atom stereocenters. The number of carbonyl (C=O) groups excluding carboxylic acids is 1. The predicted octanol–water partition coefficient (Wildman–Crippen LogP) is 1.45. The minimum Gasteiger partial charge on any atom is -0.378 e. The standard InChI is InChI=1S/C14H26N2O2/c1-11-9-13(6-8-18-11)16-14(17)5-4-12-3-2-7-15-10-12/h11-13,15H,2-10H2,1H3,(H,16,17). The summed E-state index contributed by atoms with van der Waals surface area (Å²) < 4.78 is 5.49. The van der Waals surface area contributed by atoms with Crippen LogP contribution in [0, 0.1) is 5.92 Å². The molecular formula is C14H26N2O2. The maximum atomic E-state index is 11.9. The molecule has 1 amide bonds. The molecule has 0 aromatic carbocycles. The lowest BCUT2D eigenvalue weighted by molar-refractivity contribution is -0.123. The van der Waals surface area contributed by atoms with Gasteiger partial charge in [0.1, 0.15) is 0 Å². The third-order valence-corrected chi connectivity index (χ3v) is 4.03. The van der Waals surface area contributed by atoms with Crippen molar-refractivity contribution < 1.29 is 9.53 Å². The van der Waals surface area contributed by atoms with Crippen molar-refractivity contribution in [2.75, 3.05) is 19.7 Å². The van der Waals surface area contributed by atoms with Crippen molar-refractivity contribution in [3.63, 3.8) is 0 Å². The molecule has 0 aromatic heterocycles. The van der Waals surface area contributed by atoms with Gasteiger partial charge in [0.25, 0.3) is 0 Å². The van der Waals surface area contributed by atoms with E-state index in [0.717, 1.165) is 39.0 Å². The average Bonchev–Trinajstić information content (AvgIpc) is 2.38. The van der Waals surface area contributed by atoms with Crippen LogP contribution in [0.4, 0.5) is 0 Å². The highest BCUT2D eigenvalue weighted by Crippen LogP contribution is 2.17. The van der Waals surface area contributed by atoms with Crippen molar-refractivity contribution in [1.29, 1.82) is 0 Å². The number of hydrogen-bond donors (Lipinski definition) is 2. The van der Waals surface area contributed by atoms with E-state index in [9.17, 15) is 4.79 Å². The summed E-state index contributed by atoms with van der Waals surface area (Å²) in [6.45, 7) is 5.08. The predicted molar refractivity (Wildman–Crippen MR) is 71.4 cm³/mol. The zero-order chi connectivity index (χ0) is 12.8. The Labute approximate surface area is 110 Å². The lowest BCUT2D eigenvalue weighted by atomic mass is 9.94. The molecule has 2 heterocycles. The maximum absolute atomic E-state index is 11.9. The second kappa shape index (κ2) is 7.10. The Kier molecular flexibility index (Phi) is 5.45. The van der Waals surface area contributed by atoms with E-state index in [0.29, 0.717) is 18.4 Å². The first kappa shape index (κ1) is 13.8. The molecule has 0 saturated carbocycles. The van der Waals surface area contributed by atoms with Gasteiger partial charge < -0.3 is 15.4 Å². The van der Waals surface area contributed by atoms with Crippen LogP contribution < -0.4 is 10.6 Å². The van der Waals surface area contributed by atoms with Crippen LogP contribution in [-0.4, -0.2) is 37.7 Å². The lowest BCUT2D eigenvalue weighted by Gasteiger charge is -2.28. The van der Waals surface area contributed by atoms with Crippen LogP contribution in [0.3, 0.4) is 0 Å². The molecule has 2 aliphatic rings. The van der Waals surface area contributed by atoms with Gasteiger partial charge in [0, 0.05) is 19.1 Å². The van der Waals surface area contributed by atoms with Crippen LogP contribution in [-0.2, 0) is 9.53 Å². The van der Waals surface area contributed by atoms with Crippen LogP contribution in [0.5, 0.6) is 0 Å². The molecule has 0 spiro atoms. The number of amides is 1. The molecular weight excluding hydrogens is 228 g/mol. The largest absolute Gasteiger partial charge is 0.378 e. The summed E-state index contributed by atoms with van der Waals surface area (Å²) in [4.78, 5) is 11.9. The summed E-state index contributed by atoms with van der Waals surface area (Å²) in [6, 6.07) is 0.325. The summed E-state index contributed by atoms with van der Waals surface area (Å²) in [5, 5.41) is 6.55. The van der Waals surface area contributed by atoms with Crippen LogP contribution in [0.2, 0.25) is 0 Å². The monoisotopic (exact) mass is 254 g/mol. The van der Waals surface area contributed by atoms with E-state index in [1.807, 2.05) is 0 Å². The molecule has 2 fully saturated rings. The number of carbonyl (C=O) groups is 1. The molecule has 4 nitrogen and oxygen atoms in total. The molecule has 4 heteroatoms. The van der Waals surface area contributed by atoms with Gasteiger partial charge in [-0.3, -0.25) is 4.79 Å². The van der Waals surface area contributed by atoms with Crippen molar-refractivity contribution in [3.05, 3.63) is 0 Å². The number of ether oxygens (including phenoxy) is 1. The fourth-order valence-electron chi connectivity index (χ4n) is 2.93. The molecule has 0 aromatic rings. The fraction of sp³-hybridized carbons (Fsp3) is 0.929. The third-order valence-electron chi connectivity index (χ3n) is 4.03. The zero-order valence-electron chi connectivity index (χ0n) is 11.4. The maximum Gasteiger partial charge on any atom is 0.220 e. The van der Waals surface area contributed by atoms with E-state index < -0.39 is 0 Å². The van der Waals surface area contributed by atoms with Gasteiger partial charge >= 0.3 is 0 Å². The first-order chi connectivity index (χ1) is 8.74. The molecule has 3 unspecified atom stereocenters. The lowest BCUT2D eigenvalue weighted by Crippen LogP contribution is -2.41. The summed E-state index contributed by atoms with van der Waals surface area (Å²) in [5.74, 6) is 0.915. The van der Waals surface area contributed by atoms with E-state index in [1.165, 1.54) is 12.8 Å². The van der Waals surface area contributed by atoms with Gasteiger partial charge in [-0.15, -0.1) is 0 Å². The Morgan fingerprint density at radius 1 is 1.44 bits per heavy atom. The van der Waals surface area contributed by atoms with Crippen molar-refractivity contribution in [2.24, 2.45) is 5.92 Å². The normalized spacial score (nSPS) is 33.1. The summed E-state index contributed by atoms with van der Waals surface area (Å²) in [6.07, 6.45) is 6.43. The summed E-state index contributed by atoms with van der Waals surface area (Å²) in [7, 11) is 0. The fourth-order valence-corrected chi connectivity index (χ4v) is 2.93.